The first-order chi connectivity index (χ1) is 6.70. The Morgan fingerprint density at radius 1 is 1.36 bits per heavy atom. The molecule has 0 bridgehead atoms. The van der Waals surface area contributed by atoms with Gasteiger partial charge in [0.2, 0.25) is 0 Å². The van der Waals surface area contributed by atoms with Gasteiger partial charge in [-0.3, -0.25) is 0 Å². The lowest BCUT2D eigenvalue weighted by Crippen LogP contribution is -2.57. The van der Waals surface area contributed by atoms with Crippen molar-refractivity contribution in [1.82, 2.24) is 5.32 Å². The predicted molar refractivity (Wildman–Crippen MR) is 58.4 cm³/mol. The third kappa shape index (κ3) is 2.29. The van der Waals surface area contributed by atoms with E-state index in [2.05, 4.69) is 19.2 Å². The lowest BCUT2D eigenvalue weighted by atomic mass is 9.93. The van der Waals surface area contributed by atoms with Gasteiger partial charge in [-0.05, 0) is 25.2 Å². The van der Waals surface area contributed by atoms with E-state index in [1.54, 1.807) is 0 Å². The molecule has 0 aromatic rings. The summed E-state index contributed by atoms with van der Waals surface area (Å²) in [6.07, 6.45) is 6.65. The van der Waals surface area contributed by atoms with Crippen LogP contribution in [0.15, 0.2) is 0 Å². The maximum Gasteiger partial charge on any atom is 0.0649 e. The molecule has 82 valence electrons. The van der Waals surface area contributed by atoms with Crippen LogP contribution in [0.3, 0.4) is 0 Å². The number of rotatable bonds is 2. The van der Waals surface area contributed by atoms with Crippen LogP contribution in [0, 0.1) is 5.92 Å². The van der Waals surface area contributed by atoms with Gasteiger partial charge in [0.05, 0.1) is 13.2 Å². The Labute approximate surface area is 87.4 Å². The van der Waals surface area contributed by atoms with Crippen LogP contribution in [0.2, 0.25) is 0 Å². The molecular weight excluding hydrogens is 174 g/mol. The van der Waals surface area contributed by atoms with E-state index in [1.807, 2.05) is 0 Å². The van der Waals surface area contributed by atoms with Gasteiger partial charge in [-0.2, -0.15) is 0 Å². The summed E-state index contributed by atoms with van der Waals surface area (Å²) in [5, 5.41) is 3.84. The van der Waals surface area contributed by atoms with E-state index in [1.165, 1.54) is 32.1 Å². The lowest BCUT2D eigenvalue weighted by molar-refractivity contribution is -0.00391. The Kier molecular flexibility index (Phi) is 3.13. The van der Waals surface area contributed by atoms with Gasteiger partial charge in [-0.25, -0.2) is 0 Å². The molecule has 1 N–H and O–H groups in total. The van der Waals surface area contributed by atoms with E-state index < -0.39 is 0 Å². The van der Waals surface area contributed by atoms with Crippen molar-refractivity contribution in [2.75, 3.05) is 13.2 Å². The van der Waals surface area contributed by atoms with Gasteiger partial charge in [0.1, 0.15) is 0 Å². The lowest BCUT2D eigenvalue weighted by Gasteiger charge is -2.40. The number of hydrogen-bond donors (Lipinski definition) is 1. The van der Waals surface area contributed by atoms with Crippen LogP contribution in [0.1, 0.15) is 46.0 Å². The average Bonchev–Trinajstić information content (AvgIpc) is 2.52. The zero-order valence-corrected chi connectivity index (χ0v) is 9.51. The molecule has 1 atom stereocenters. The summed E-state index contributed by atoms with van der Waals surface area (Å²) in [5.74, 6) is 0.771. The highest BCUT2D eigenvalue weighted by Gasteiger charge is 2.38. The minimum atomic E-state index is 0.359. The summed E-state index contributed by atoms with van der Waals surface area (Å²) in [4.78, 5) is 0. The van der Waals surface area contributed by atoms with E-state index >= 15 is 0 Å². The molecule has 1 aliphatic carbocycles. The fourth-order valence-electron chi connectivity index (χ4n) is 2.95. The second-order valence-corrected chi connectivity index (χ2v) is 5.47. The van der Waals surface area contributed by atoms with Gasteiger partial charge in [0.25, 0.3) is 0 Å². The molecule has 1 aliphatic heterocycles. The smallest absolute Gasteiger partial charge is 0.0649 e. The minimum Gasteiger partial charge on any atom is -0.378 e. The molecule has 1 heterocycles. The monoisotopic (exact) mass is 197 g/mol. The third-order valence-electron chi connectivity index (χ3n) is 3.52. The normalized spacial score (nSPS) is 31.5. The standard InChI is InChI=1S/C12H23NO/c1-10(2)7-11-8-14-9-12(13-11)5-3-4-6-12/h10-11,13H,3-9H2,1-2H3/t11-/m0/s1. The number of ether oxygens (including phenoxy) is 1. The fourth-order valence-corrected chi connectivity index (χ4v) is 2.95. The van der Waals surface area contributed by atoms with Crippen LogP contribution in [0.4, 0.5) is 0 Å². The molecule has 2 rings (SSSR count). The zero-order valence-electron chi connectivity index (χ0n) is 9.51. The van der Waals surface area contributed by atoms with Crippen LogP contribution >= 0.6 is 0 Å². The Bertz CT molecular complexity index is 185. The maximum atomic E-state index is 5.76. The zero-order chi connectivity index (χ0) is 10.0. The second kappa shape index (κ2) is 4.19. The summed E-state index contributed by atoms with van der Waals surface area (Å²) < 4.78 is 5.76. The first kappa shape index (κ1) is 10.4. The fraction of sp³-hybridized carbons (Fsp3) is 1.00. The molecule has 2 heteroatoms. The van der Waals surface area contributed by atoms with Gasteiger partial charge >= 0.3 is 0 Å². The van der Waals surface area contributed by atoms with Crippen molar-refractivity contribution in [2.24, 2.45) is 5.92 Å². The van der Waals surface area contributed by atoms with Gasteiger partial charge < -0.3 is 10.1 Å². The largest absolute Gasteiger partial charge is 0.378 e. The number of hydrogen-bond acceptors (Lipinski definition) is 2. The van der Waals surface area contributed by atoms with Crippen molar-refractivity contribution in [1.29, 1.82) is 0 Å². The predicted octanol–water partition coefficient (Wildman–Crippen LogP) is 2.33. The summed E-state index contributed by atoms with van der Waals surface area (Å²) in [5.41, 5.74) is 0.359. The van der Waals surface area contributed by atoms with E-state index in [-0.39, 0.29) is 0 Å². The highest BCUT2D eigenvalue weighted by molar-refractivity contribution is 4.97. The molecule has 1 saturated carbocycles. The summed E-state index contributed by atoms with van der Waals surface area (Å²) in [6, 6.07) is 0.599. The maximum absolute atomic E-state index is 5.76. The van der Waals surface area contributed by atoms with Gasteiger partial charge in [-0.1, -0.05) is 26.7 Å². The second-order valence-electron chi connectivity index (χ2n) is 5.47. The van der Waals surface area contributed by atoms with E-state index in [0.717, 1.165) is 19.1 Å². The summed E-state index contributed by atoms with van der Waals surface area (Å²) in [7, 11) is 0. The number of nitrogens with one attached hydrogen (secondary N) is 1. The Balaban J connectivity index is 1.90. The molecule has 0 aromatic carbocycles. The average molecular weight is 197 g/mol. The molecule has 0 unspecified atom stereocenters. The molecule has 0 radical (unpaired) electrons. The third-order valence-corrected chi connectivity index (χ3v) is 3.52. The van der Waals surface area contributed by atoms with E-state index in [9.17, 15) is 0 Å². The van der Waals surface area contributed by atoms with Crippen LogP contribution in [0.25, 0.3) is 0 Å². The van der Waals surface area contributed by atoms with Crippen LogP contribution in [0.5, 0.6) is 0 Å². The summed E-state index contributed by atoms with van der Waals surface area (Å²) in [6.45, 7) is 6.44. The summed E-state index contributed by atoms with van der Waals surface area (Å²) >= 11 is 0. The Morgan fingerprint density at radius 2 is 2.07 bits per heavy atom. The topological polar surface area (TPSA) is 21.3 Å². The van der Waals surface area contributed by atoms with Crippen LogP contribution in [-0.2, 0) is 4.74 Å². The van der Waals surface area contributed by atoms with Crippen molar-refractivity contribution in [3.8, 4) is 0 Å². The molecule has 0 amide bonds. The number of morpholine rings is 1. The quantitative estimate of drug-likeness (QED) is 0.733. The minimum absolute atomic E-state index is 0.359. The SMILES string of the molecule is CC(C)C[C@H]1COCC2(CCCC2)N1. The van der Waals surface area contributed by atoms with E-state index in [4.69, 9.17) is 4.74 Å². The molecule has 1 spiro atoms. The Hall–Kier alpha value is -0.0800. The highest BCUT2D eigenvalue weighted by Crippen LogP contribution is 2.32. The molecule has 0 aromatic heterocycles. The first-order valence-electron chi connectivity index (χ1n) is 6.06. The van der Waals surface area contributed by atoms with Crippen molar-refractivity contribution >= 4 is 0 Å². The van der Waals surface area contributed by atoms with Gasteiger partial charge in [0.15, 0.2) is 0 Å². The van der Waals surface area contributed by atoms with Crippen molar-refractivity contribution in [2.45, 2.75) is 57.5 Å². The molecule has 14 heavy (non-hydrogen) atoms. The van der Waals surface area contributed by atoms with Crippen LogP contribution < -0.4 is 5.32 Å². The van der Waals surface area contributed by atoms with Crippen LogP contribution in [-0.4, -0.2) is 24.8 Å². The molecule has 1 saturated heterocycles. The van der Waals surface area contributed by atoms with Crippen molar-refractivity contribution < 1.29 is 4.74 Å². The van der Waals surface area contributed by atoms with Gasteiger partial charge in [-0.15, -0.1) is 0 Å². The molecule has 2 aliphatic rings. The Morgan fingerprint density at radius 3 is 2.71 bits per heavy atom. The molecule has 2 fully saturated rings. The first-order valence-corrected chi connectivity index (χ1v) is 6.06. The molecule has 2 nitrogen and oxygen atoms in total. The van der Waals surface area contributed by atoms with Gasteiger partial charge in [0, 0.05) is 11.6 Å². The highest BCUT2D eigenvalue weighted by atomic mass is 16.5. The van der Waals surface area contributed by atoms with E-state index in [0.29, 0.717) is 11.6 Å². The van der Waals surface area contributed by atoms with Crippen molar-refractivity contribution in [3.05, 3.63) is 0 Å². The molecular formula is C12H23NO. The van der Waals surface area contributed by atoms with Crippen molar-refractivity contribution in [3.63, 3.8) is 0 Å².